The van der Waals surface area contributed by atoms with Crippen molar-refractivity contribution in [2.24, 2.45) is 0 Å². The highest BCUT2D eigenvalue weighted by atomic mass is 19.1. The first kappa shape index (κ1) is 11.2. The molecule has 0 aliphatic heterocycles. The summed E-state index contributed by atoms with van der Waals surface area (Å²) in [5.41, 5.74) is 0. The number of hydrogen-bond acceptors (Lipinski definition) is 3. The Morgan fingerprint density at radius 1 is 1.33 bits per heavy atom. The Labute approximate surface area is 87.1 Å². The van der Waals surface area contributed by atoms with Crippen molar-refractivity contribution in [1.82, 2.24) is 0 Å². The van der Waals surface area contributed by atoms with Gasteiger partial charge in [0.05, 0.1) is 0 Å². The molecule has 0 unspecified atom stereocenters. The maximum absolute atomic E-state index is 12.5. The molecule has 1 rings (SSSR count). The minimum Gasteiger partial charge on any atom is -0.490 e. The molecule has 3 nitrogen and oxygen atoms in total. The number of hydrogen-bond donors (Lipinski definition) is 0. The minimum atomic E-state index is -0.488. The van der Waals surface area contributed by atoms with Crippen LogP contribution in [0, 0.1) is 5.82 Å². The topological polar surface area (TPSA) is 35.5 Å². The lowest BCUT2D eigenvalue weighted by atomic mass is 10.3. The molecule has 1 aromatic carbocycles. The Balaban J connectivity index is 2.23. The summed E-state index contributed by atoms with van der Waals surface area (Å²) in [5.74, 6) is -0.274. The SMILES string of the molecule is C=CC(=O)OCCOc1ccc(F)cc1. The predicted octanol–water partition coefficient (Wildman–Crippen LogP) is 1.93. The molecule has 4 heteroatoms. The Bertz CT molecular complexity index is 332. The van der Waals surface area contributed by atoms with Crippen molar-refractivity contribution < 1.29 is 18.7 Å². The lowest BCUT2D eigenvalue weighted by Gasteiger charge is -2.05. The first-order chi connectivity index (χ1) is 7.22. The number of benzene rings is 1. The smallest absolute Gasteiger partial charge is 0.330 e. The maximum atomic E-state index is 12.5. The van der Waals surface area contributed by atoms with E-state index in [1.807, 2.05) is 0 Å². The first-order valence-corrected chi connectivity index (χ1v) is 4.40. The fraction of sp³-hybridized carbons (Fsp3) is 0.182. The van der Waals surface area contributed by atoms with E-state index in [4.69, 9.17) is 4.74 Å². The zero-order valence-corrected chi connectivity index (χ0v) is 8.11. The van der Waals surface area contributed by atoms with E-state index >= 15 is 0 Å². The van der Waals surface area contributed by atoms with E-state index in [2.05, 4.69) is 11.3 Å². The van der Waals surface area contributed by atoms with Crippen molar-refractivity contribution in [2.75, 3.05) is 13.2 Å². The van der Waals surface area contributed by atoms with Gasteiger partial charge in [-0.05, 0) is 24.3 Å². The lowest BCUT2D eigenvalue weighted by molar-refractivity contribution is -0.138. The van der Waals surface area contributed by atoms with Gasteiger partial charge in [0.25, 0.3) is 0 Å². The van der Waals surface area contributed by atoms with Gasteiger partial charge in [-0.25, -0.2) is 9.18 Å². The van der Waals surface area contributed by atoms with Crippen LogP contribution in [-0.2, 0) is 9.53 Å². The zero-order valence-electron chi connectivity index (χ0n) is 8.11. The molecule has 0 fully saturated rings. The number of carbonyl (C=O) groups excluding carboxylic acids is 1. The molecule has 0 saturated carbocycles. The molecule has 0 saturated heterocycles. The van der Waals surface area contributed by atoms with Gasteiger partial charge in [0, 0.05) is 6.08 Å². The molecule has 0 aliphatic carbocycles. The first-order valence-electron chi connectivity index (χ1n) is 4.40. The summed E-state index contributed by atoms with van der Waals surface area (Å²) in [6, 6.07) is 5.60. The van der Waals surface area contributed by atoms with Gasteiger partial charge >= 0.3 is 5.97 Å². The summed E-state index contributed by atoms with van der Waals surface area (Å²) in [6.07, 6.45) is 1.08. The van der Waals surface area contributed by atoms with Gasteiger partial charge in [-0.3, -0.25) is 0 Å². The summed E-state index contributed by atoms with van der Waals surface area (Å²) < 4.78 is 22.3. The zero-order chi connectivity index (χ0) is 11.1. The van der Waals surface area contributed by atoms with Gasteiger partial charge in [0.2, 0.25) is 0 Å². The van der Waals surface area contributed by atoms with Crippen molar-refractivity contribution in [3.63, 3.8) is 0 Å². The van der Waals surface area contributed by atoms with Crippen LogP contribution < -0.4 is 4.74 Å². The Morgan fingerprint density at radius 2 is 2.00 bits per heavy atom. The average Bonchev–Trinajstić information content (AvgIpc) is 2.26. The number of halogens is 1. The van der Waals surface area contributed by atoms with Crippen molar-refractivity contribution in [3.8, 4) is 5.75 Å². The van der Waals surface area contributed by atoms with E-state index in [1.165, 1.54) is 24.3 Å². The normalized spacial score (nSPS) is 9.40. The van der Waals surface area contributed by atoms with Crippen LogP contribution in [0.25, 0.3) is 0 Å². The van der Waals surface area contributed by atoms with Gasteiger partial charge in [-0.2, -0.15) is 0 Å². The van der Waals surface area contributed by atoms with Crippen LogP contribution in [0.1, 0.15) is 0 Å². The minimum absolute atomic E-state index is 0.141. The molecule has 1 aromatic rings. The lowest BCUT2D eigenvalue weighted by Crippen LogP contribution is -2.10. The second kappa shape index (κ2) is 5.80. The molecular weight excluding hydrogens is 199 g/mol. The summed E-state index contributed by atoms with van der Waals surface area (Å²) in [4.78, 5) is 10.6. The van der Waals surface area contributed by atoms with Gasteiger partial charge in [-0.15, -0.1) is 0 Å². The molecule has 0 radical (unpaired) electrons. The van der Waals surface area contributed by atoms with Crippen LogP contribution >= 0.6 is 0 Å². The molecule has 0 bridgehead atoms. The van der Waals surface area contributed by atoms with E-state index in [1.54, 1.807) is 0 Å². The number of esters is 1. The molecule has 0 amide bonds. The number of ether oxygens (including phenoxy) is 2. The largest absolute Gasteiger partial charge is 0.490 e. The Hall–Kier alpha value is -1.84. The molecule has 80 valence electrons. The Morgan fingerprint density at radius 3 is 2.60 bits per heavy atom. The van der Waals surface area contributed by atoms with Crippen LogP contribution in [-0.4, -0.2) is 19.2 Å². The van der Waals surface area contributed by atoms with Gasteiger partial charge < -0.3 is 9.47 Å². The second-order valence-electron chi connectivity index (χ2n) is 2.67. The quantitative estimate of drug-likeness (QED) is 0.423. The molecule has 0 heterocycles. The number of carbonyl (C=O) groups is 1. The number of rotatable bonds is 5. The van der Waals surface area contributed by atoms with E-state index in [-0.39, 0.29) is 19.0 Å². The highest BCUT2D eigenvalue weighted by molar-refractivity contribution is 5.81. The maximum Gasteiger partial charge on any atom is 0.330 e. The third-order valence-electron chi connectivity index (χ3n) is 1.58. The van der Waals surface area contributed by atoms with Crippen molar-refractivity contribution in [3.05, 3.63) is 42.7 Å². The third kappa shape index (κ3) is 4.26. The fourth-order valence-electron chi connectivity index (χ4n) is 0.892. The van der Waals surface area contributed by atoms with E-state index in [0.29, 0.717) is 5.75 Å². The van der Waals surface area contributed by atoms with Crippen LogP contribution in [0.15, 0.2) is 36.9 Å². The van der Waals surface area contributed by atoms with Crippen LogP contribution in [0.2, 0.25) is 0 Å². The fourth-order valence-corrected chi connectivity index (χ4v) is 0.892. The van der Waals surface area contributed by atoms with Crippen molar-refractivity contribution >= 4 is 5.97 Å². The van der Waals surface area contributed by atoms with Gasteiger partial charge in [0.1, 0.15) is 24.8 Å². The van der Waals surface area contributed by atoms with E-state index < -0.39 is 5.97 Å². The van der Waals surface area contributed by atoms with Crippen molar-refractivity contribution in [1.29, 1.82) is 0 Å². The average molecular weight is 210 g/mol. The monoisotopic (exact) mass is 210 g/mol. The standard InChI is InChI=1S/C11H11FO3/c1-2-11(13)15-8-7-14-10-5-3-9(12)4-6-10/h2-6H,1,7-8H2. The summed E-state index contributed by atoms with van der Waals surface area (Å²) in [7, 11) is 0. The summed E-state index contributed by atoms with van der Waals surface area (Å²) in [5, 5.41) is 0. The molecule has 0 atom stereocenters. The van der Waals surface area contributed by atoms with Gasteiger partial charge in [0.15, 0.2) is 0 Å². The van der Waals surface area contributed by atoms with E-state index in [0.717, 1.165) is 6.08 Å². The van der Waals surface area contributed by atoms with Crippen LogP contribution in [0.5, 0.6) is 5.75 Å². The molecule has 0 aromatic heterocycles. The molecule has 0 N–H and O–H groups in total. The van der Waals surface area contributed by atoms with Gasteiger partial charge in [-0.1, -0.05) is 6.58 Å². The Kier molecular flexibility index (Phi) is 4.34. The third-order valence-corrected chi connectivity index (χ3v) is 1.58. The second-order valence-corrected chi connectivity index (χ2v) is 2.67. The highest BCUT2D eigenvalue weighted by Crippen LogP contribution is 2.10. The molecule has 0 aliphatic rings. The van der Waals surface area contributed by atoms with Crippen LogP contribution in [0.4, 0.5) is 4.39 Å². The molecular formula is C11H11FO3. The predicted molar refractivity (Wildman–Crippen MR) is 53.1 cm³/mol. The van der Waals surface area contributed by atoms with E-state index in [9.17, 15) is 9.18 Å². The summed E-state index contributed by atoms with van der Waals surface area (Å²) in [6.45, 7) is 3.62. The highest BCUT2D eigenvalue weighted by Gasteiger charge is 1.97. The van der Waals surface area contributed by atoms with Crippen molar-refractivity contribution in [2.45, 2.75) is 0 Å². The summed E-state index contributed by atoms with van der Waals surface area (Å²) >= 11 is 0. The van der Waals surface area contributed by atoms with Crippen LogP contribution in [0.3, 0.4) is 0 Å². The molecule has 15 heavy (non-hydrogen) atoms. The molecule has 0 spiro atoms.